The fourth-order valence-electron chi connectivity index (χ4n) is 4.26. The third-order valence-electron chi connectivity index (χ3n) is 6.30. The molecule has 0 aliphatic carbocycles. The lowest BCUT2D eigenvalue weighted by Crippen LogP contribution is -2.55. The molecule has 0 aliphatic rings. The minimum Gasteiger partial charge on any atom is -0.348 e. The molecule has 0 heterocycles. The number of carbonyl (C=O) groups excluding carboxylic acids is 3. The van der Waals surface area contributed by atoms with E-state index >= 15 is 0 Å². The van der Waals surface area contributed by atoms with Gasteiger partial charge in [-0.25, -0.2) is 8.42 Å². The number of benzene rings is 2. The molecule has 224 valence electrons. The summed E-state index contributed by atoms with van der Waals surface area (Å²) in [7, 11) is -3.43. The summed E-state index contributed by atoms with van der Waals surface area (Å²) < 4.78 is 23.7. The van der Waals surface area contributed by atoms with Gasteiger partial charge in [-0.15, -0.1) is 0 Å². The molecule has 2 aromatic rings. The molecule has 0 bridgehead atoms. The SMILES string of the molecule is CC(C)C[C@H](NC(=O)c1ccccc1)C(=O)N[C@@H](CC(C)C)C(=O)N[C@H](/C=C/S(C)(=O)=O)Cc1ccc(CN)cc1. The van der Waals surface area contributed by atoms with Crippen LogP contribution in [0, 0.1) is 11.8 Å². The fraction of sp³-hybridized carbons (Fsp3) is 0.452. The minimum atomic E-state index is -3.43. The van der Waals surface area contributed by atoms with Crippen LogP contribution in [0.15, 0.2) is 66.1 Å². The van der Waals surface area contributed by atoms with Crippen LogP contribution < -0.4 is 21.7 Å². The highest BCUT2D eigenvalue weighted by atomic mass is 32.2. The fourth-order valence-corrected chi connectivity index (χ4v) is 4.74. The average molecular weight is 585 g/mol. The number of hydrogen-bond donors (Lipinski definition) is 4. The first kappa shape index (κ1) is 33.7. The molecule has 10 heteroatoms. The van der Waals surface area contributed by atoms with Gasteiger partial charge in [0.05, 0.1) is 6.04 Å². The first-order valence-corrected chi connectivity index (χ1v) is 15.9. The number of nitrogens with two attached hydrogens (primary N) is 1. The summed E-state index contributed by atoms with van der Waals surface area (Å²) in [5.74, 6) is -1.09. The Balaban J connectivity index is 2.24. The largest absolute Gasteiger partial charge is 0.348 e. The second-order valence-electron chi connectivity index (χ2n) is 11.2. The molecule has 3 atom stereocenters. The summed E-state index contributed by atoms with van der Waals surface area (Å²) in [5, 5.41) is 9.63. The van der Waals surface area contributed by atoms with Crippen LogP contribution in [-0.4, -0.2) is 50.5 Å². The first-order valence-electron chi connectivity index (χ1n) is 13.9. The van der Waals surface area contributed by atoms with Gasteiger partial charge < -0.3 is 21.7 Å². The number of hydrogen-bond acceptors (Lipinski definition) is 6. The highest BCUT2D eigenvalue weighted by molar-refractivity contribution is 7.93. The molecule has 2 aromatic carbocycles. The van der Waals surface area contributed by atoms with Crippen molar-refractivity contribution in [1.29, 1.82) is 0 Å². The Hall–Kier alpha value is -3.50. The molecule has 0 saturated heterocycles. The summed E-state index contributed by atoms with van der Waals surface area (Å²) >= 11 is 0. The lowest BCUT2D eigenvalue weighted by Gasteiger charge is -2.26. The molecule has 0 spiro atoms. The van der Waals surface area contributed by atoms with Crippen LogP contribution in [0.25, 0.3) is 0 Å². The van der Waals surface area contributed by atoms with E-state index in [0.717, 1.165) is 22.8 Å². The Kier molecular flexibility index (Phi) is 13.2. The lowest BCUT2D eigenvalue weighted by molar-refractivity contribution is -0.130. The van der Waals surface area contributed by atoms with Crippen molar-refractivity contribution in [3.05, 3.63) is 82.8 Å². The maximum Gasteiger partial charge on any atom is 0.251 e. The van der Waals surface area contributed by atoms with Gasteiger partial charge in [-0.05, 0) is 54.4 Å². The van der Waals surface area contributed by atoms with Gasteiger partial charge in [0, 0.05) is 23.8 Å². The second kappa shape index (κ2) is 16.1. The predicted octanol–water partition coefficient (Wildman–Crippen LogP) is 3.11. The normalized spacial score (nSPS) is 14.0. The summed E-state index contributed by atoms with van der Waals surface area (Å²) in [6.45, 7) is 8.18. The predicted molar refractivity (Wildman–Crippen MR) is 162 cm³/mol. The zero-order valence-corrected chi connectivity index (χ0v) is 25.4. The zero-order valence-electron chi connectivity index (χ0n) is 24.6. The van der Waals surface area contributed by atoms with Crippen molar-refractivity contribution in [3.8, 4) is 0 Å². The minimum absolute atomic E-state index is 0.0716. The van der Waals surface area contributed by atoms with Crippen LogP contribution >= 0.6 is 0 Å². The molecule has 5 N–H and O–H groups in total. The van der Waals surface area contributed by atoms with Crippen molar-refractivity contribution in [2.45, 2.75) is 71.6 Å². The molecular formula is C31H44N4O5S. The van der Waals surface area contributed by atoms with Crippen LogP contribution in [0.3, 0.4) is 0 Å². The molecule has 0 unspecified atom stereocenters. The second-order valence-corrected chi connectivity index (χ2v) is 13.1. The van der Waals surface area contributed by atoms with E-state index in [1.807, 2.05) is 52.0 Å². The van der Waals surface area contributed by atoms with E-state index in [1.54, 1.807) is 30.3 Å². The van der Waals surface area contributed by atoms with Crippen molar-refractivity contribution in [1.82, 2.24) is 16.0 Å². The standard InChI is InChI=1S/C31H44N4O5S/c1-21(2)17-27(35-31(38)28(18-22(3)4)34-29(36)25-9-7-6-8-10-25)30(37)33-26(15-16-41(5,39)40)19-23-11-13-24(20-32)14-12-23/h6-16,21-22,26-28H,17-20,32H2,1-5H3,(H,33,37)(H,34,36)(H,35,38)/b16-15+/t26-,27+,28+/m1/s1. The Morgan fingerprint density at radius 2 is 1.29 bits per heavy atom. The summed E-state index contributed by atoms with van der Waals surface area (Å²) in [5.41, 5.74) is 7.96. The maximum absolute atomic E-state index is 13.5. The Morgan fingerprint density at radius 3 is 1.80 bits per heavy atom. The number of rotatable bonds is 15. The highest BCUT2D eigenvalue weighted by Crippen LogP contribution is 2.12. The van der Waals surface area contributed by atoms with Crippen molar-refractivity contribution < 1.29 is 22.8 Å². The van der Waals surface area contributed by atoms with Crippen molar-refractivity contribution in [3.63, 3.8) is 0 Å². The van der Waals surface area contributed by atoms with E-state index in [-0.39, 0.29) is 17.7 Å². The van der Waals surface area contributed by atoms with Crippen molar-refractivity contribution in [2.24, 2.45) is 17.6 Å². The van der Waals surface area contributed by atoms with Crippen molar-refractivity contribution >= 4 is 27.6 Å². The first-order chi connectivity index (χ1) is 19.3. The third-order valence-corrected chi connectivity index (χ3v) is 6.96. The summed E-state index contributed by atoms with van der Waals surface area (Å²) in [6, 6.07) is 13.8. The Bertz CT molecular complexity index is 1280. The van der Waals surface area contributed by atoms with Gasteiger partial charge >= 0.3 is 0 Å². The quantitative estimate of drug-likeness (QED) is 0.253. The van der Waals surface area contributed by atoms with Gasteiger partial charge in [0.25, 0.3) is 5.91 Å². The molecule has 0 fully saturated rings. The monoisotopic (exact) mass is 584 g/mol. The van der Waals surface area contributed by atoms with Gasteiger partial charge in [-0.2, -0.15) is 0 Å². The topological polar surface area (TPSA) is 147 Å². The molecule has 2 rings (SSSR count). The molecule has 0 radical (unpaired) electrons. The highest BCUT2D eigenvalue weighted by Gasteiger charge is 2.29. The van der Waals surface area contributed by atoms with E-state index in [9.17, 15) is 22.8 Å². The molecule has 0 aromatic heterocycles. The van der Waals surface area contributed by atoms with Crippen molar-refractivity contribution in [2.75, 3.05) is 6.26 Å². The molecule has 3 amide bonds. The molecule has 0 aliphatic heterocycles. The van der Waals surface area contributed by atoms with Gasteiger partial charge in [0.15, 0.2) is 9.84 Å². The molecule has 0 saturated carbocycles. The molecule has 41 heavy (non-hydrogen) atoms. The summed E-state index contributed by atoms with van der Waals surface area (Å²) in [4.78, 5) is 39.8. The van der Waals surface area contributed by atoms with Crippen LogP contribution in [0.1, 0.15) is 62.0 Å². The van der Waals surface area contributed by atoms with Gasteiger partial charge in [0.2, 0.25) is 11.8 Å². The van der Waals surface area contributed by atoms with Gasteiger partial charge in [0.1, 0.15) is 12.1 Å². The smallest absolute Gasteiger partial charge is 0.251 e. The van der Waals surface area contributed by atoms with Crippen LogP contribution in [-0.2, 0) is 32.4 Å². The lowest BCUT2D eigenvalue weighted by atomic mass is 9.99. The maximum atomic E-state index is 13.5. The van der Waals surface area contributed by atoms with E-state index < -0.39 is 39.8 Å². The zero-order chi connectivity index (χ0) is 30.6. The Morgan fingerprint density at radius 1 is 0.780 bits per heavy atom. The van der Waals surface area contributed by atoms with E-state index in [2.05, 4.69) is 16.0 Å². The number of carbonyl (C=O) groups is 3. The number of sulfone groups is 1. The van der Waals surface area contributed by atoms with Gasteiger partial charge in [-0.1, -0.05) is 76.2 Å². The van der Waals surface area contributed by atoms with Gasteiger partial charge in [-0.3, -0.25) is 14.4 Å². The molecular weight excluding hydrogens is 540 g/mol. The average Bonchev–Trinajstić information content (AvgIpc) is 2.90. The molecule has 9 nitrogen and oxygen atoms in total. The Labute approximate surface area is 244 Å². The van der Waals surface area contributed by atoms with Crippen LogP contribution in [0.2, 0.25) is 0 Å². The third kappa shape index (κ3) is 12.7. The van der Waals surface area contributed by atoms with E-state index in [4.69, 9.17) is 5.73 Å². The van der Waals surface area contributed by atoms with E-state index in [0.29, 0.717) is 31.4 Å². The number of amides is 3. The summed E-state index contributed by atoms with van der Waals surface area (Å²) in [6.07, 6.45) is 3.61. The van der Waals surface area contributed by atoms with Crippen LogP contribution in [0.4, 0.5) is 0 Å². The number of nitrogens with one attached hydrogen (secondary N) is 3. The van der Waals surface area contributed by atoms with Crippen LogP contribution in [0.5, 0.6) is 0 Å². The van der Waals surface area contributed by atoms with E-state index in [1.165, 1.54) is 6.08 Å².